The van der Waals surface area contributed by atoms with Crippen LogP contribution in [0.3, 0.4) is 0 Å². The van der Waals surface area contributed by atoms with Crippen LogP contribution in [0, 0.1) is 12.8 Å². The second kappa shape index (κ2) is 7.44. The Kier molecular flexibility index (Phi) is 5.15. The fourth-order valence-corrected chi connectivity index (χ4v) is 4.01. The van der Waals surface area contributed by atoms with Gasteiger partial charge in [0.1, 0.15) is 5.75 Å². The molecule has 0 saturated carbocycles. The number of halogens is 5. The van der Waals surface area contributed by atoms with Gasteiger partial charge in [0.05, 0.1) is 23.7 Å². The molecule has 1 fully saturated rings. The molecule has 0 amide bonds. The quantitative estimate of drug-likeness (QED) is 0.599. The van der Waals surface area contributed by atoms with Gasteiger partial charge in [-0.2, -0.15) is 18.3 Å². The van der Waals surface area contributed by atoms with Crippen molar-refractivity contribution in [1.82, 2.24) is 19.7 Å². The Morgan fingerprint density at radius 3 is 2.65 bits per heavy atom. The molecule has 3 aromatic rings. The minimum absolute atomic E-state index is 0.0214. The summed E-state index contributed by atoms with van der Waals surface area (Å²) in [4.78, 5) is 6.21. The van der Waals surface area contributed by atoms with Crippen LogP contribution in [0.5, 0.6) is 5.75 Å². The third-order valence-electron chi connectivity index (χ3n) is 5.68. The number of alkyl halides is 5. The highest BCUT2D eigenvalue weighted by atomic mass is 19.4. The zero-order chi connectivity index (χ0) is 22.6. The number of phenols is 1. The Bertz CT molecular complexity index is 1100. The number of benzene rings is 1. The average molecular weight is 440 g/mol. The van der Waals surface area contributed by atoms with E-state index in [1.807, 2.05) is 4.90 Å². The first-order valence-corrected chi connectivity index (χ1v) is 9.76. The van der Waals surface area contributed by atoms with Crippen LogP contribution in [-0.2, 0) is 12.7 Å². The molecule has 1 aliphatic rings. The lowest BCUT2D eigenvalue weighted by Crippen LogP contribution is -2.47. The van der Waals surface area contributed by atoms with E-state index in [9.17, 15) is 27.1 Å². The van der Waals surface area contributed by atoms with Gasteiger partial charge in [0.25, 0.3) is 5.92 Å². The number of aromatic nitrogens is 3. The van der Waals surface area contributed by atoms with E-state index in [0.29, 0.717) is 18.0 Å². The third kappa shape index (κ3) is 4.21. The standard InChI is InChI=1S/C21H21F5N4O/c1-12-7-14(21(24,25)26)8-17(31)18(12)16-4-3-13-9-30(28-19(13)27-16)11-15-10-29(2)6-5-20(15,22)23/h3-4,7-9,15,31H,5-6,10-11H2,1-2H3/t15-/m1/s1. The van der Waals surface area contributed by atoms with Gasteiger partial charge >= 0.3 is 6.18 Å². The summed E-state index contributed by atoms with van der Waals surface area (Å²) in [7, 11) is 1.80. The zero-order valence-corrected chi connectivity index (χ0v) is 16.9. The number of fused-ring (bicyclic) bond motifs is 1. The molecule has 1 aromatic carbocycles. The molecule has 1 N–H and O–H groups in total. The predicted octanol–water partition coefficient (Wildman–Crippen LogP) is 4.72. The monoisotopic (exact) mass is 440 g/mol. The van der Waals surface area contributed by atoms with Crippen molar-refractivity contribution in [2.45, 2.75) is 32.0 Å². The number of hydrogen-bond acceptors (Lipinski definition) is 4. The summed E-state index contributed by atoms with van der Waals surface area (Å²) >= 11 is 0. The number of aromatic hydroxyl groups is 1. The molecule has 3 heterocycles. The van der Waals surface area contributed by atoms with Crippen molar-refractivity contribution < 1.29 is 27.1 Å². The van der Waals surface area contributed by atoms with Crippen LogP contribution in [0.1, 0.15) is 17.5 Å². The summed E-state index contributed by atoms with van der Waals surface area (Å²) in [6.07, 6.45) is -3.16. The molecule has 0 spiro atoms. The summed E-state index contributed by atoms with van der Waals surface area (Å²) in [6, 6.07) is 4.82. The van der Waals surface area contributed by atoms with Crippen LogP contribution in [0.2, 0.25) is 0 Å². The molecule has 0 aliphatic carbocycles. The second-order valence-electron chi connectivity index (χ2n) is 8.12. The van der Waals surface area contributed by atoms with Gasteiger partial charge in [-0.15, -0.1) is 0 Å². The summed E-state index contributed by atoms with van der Waals surface area (Å²) < 4.78 is 68.9. The van der Waals surface area contributed by atoms with Crippen molar-refractivity contribution in [2.75, 3.05) is 20.1 Å². The molecule has 0 unspecified atom stereocenters. The Morgan fingerprint density at radius 1 is 1.23 bits per heavy atom. The van der Waals surface area contributed by atoms with Gasteiger partial charge in [-0.05, 0) is 43.8 Å². The van der Waals surface area contributed by atoms with E-state index in [2.05, 4.69) is 10.1 Å². The van der Waals surface area contributed by atoms with Crippen LogP contribution in [-0.4, -0.2) is 50.8 Å². The first-order valence-electron chi connectivity index (χ1n) is 9.76. The van der Waals surface area contributed by atoms with Crippen molar-refractivity contribution >= 4 is 11.0 Å². The van der Waals surface area contributed by atoms with Crippen molar-refractivity contribution in [1.29, 1.82) is 0 Å². The fraction of sp³-hybridized carbons (Fsp3) is 0.429. The highest BCUT2D eigenvalue weighted by Crippen LogP contribution is 2.39. The maximum Gasteiger partial charge on any atom is 0.416 e. The maximum absolute atomic E-state index is 14.3. The van der Waals surface area contributed by atoms with Crippen LogP contribution in [0.25, 0.3) is 22.3 Å². The van der Waals surface area contributed by atoms with Crippen LogP contribution in [0.15, 0.2) is 30.5 Å². The molecular formula is C21H21F5N4O. The summed E-state index contributed by atoms with van der Waals surface area (Å²) in [5, 5.41) is 15.1. The largest absolute Gasteiger partial charge is 0.507 e. The molecule has 5 nitrogen and oxygen atoms in total. The molecule has 1 aliphatic heterocycles. The number of pyridine rings is 1. The number of piperidine rings is 1. The van der Waals surface area contributed by atoms with Gasteiger partial charge in [-0.25, -0.2) is 13.8 Å². The van der Waals surface area contributed by atoms with E-state index < -0.39 is 29.3 Å². The number of rotatable bonds is 3. The van der Waals surface area contributed by atoms with E-state index in [4.69, 9.17) is 0 Å². The van der Waals surface area contributed by atoms with Crippen molar-refractivity contribution in [3.05, 3.63) is 41.6 Å². The van der Waals surface area contributed by atoms with E-state index in [1.54, 1.807) is 25.4 Å². The molecule has 4 rings (SSSR count). The highest BCUT2D eigenvalue weighted by molar-refractivity contribution is 5.80. The summed E-state index contributed by atoms with van der Waals surface area (Å²) in [5.74, 6) is -4.21. The smallest absolute Gasteiger partial charge is 0.416 e. The van der Waals surface area contributed by atoms with E-state index in [1.165, 1.54) is 11.6 Å². The van der Waals surface area contributed by atoms with Crippen molar-refractivity contribution in [3.63, 3.8) is 0 Å². The third-order valence-corrected chi connectivity index (χ3v) is 5.68. The van der Waals surface area contributed by atoms with E-state index >= 15 is 0 Å². The highest BCUT2D eigenvalue weighted by Gasteiger charge is 2.43. The Balaban J connectivity index is 1.66. The minimum Gasteiger partial charge on any atom is -0.507 e. The lowest BCUT2D eigenvalue weighted by molar-refractivity contribution is -0.137. The number of aryl methyl sites for hydroxylation is 1. The van der Waals surface area contributed by atoms with Crippen molar-refractivity contribution in [2.24, 2.45) is 5.92 Å². The molecular weight excluding hydrogens is 419 g/mol. The molecule has 1 atom stereocenters. The average Bonchev–Trinajstić information content (AvgIpc) is 3.05. The molecule has 166 valence electrons. The molecule has 10 heteroatoms. The molecule has 1 saturated heterocycles. The van der Waals surface area contributed by atoms with Gasteiger partial charge in [-0.1, -0.05) is 0 Å². The molecule has 0 bridgehead atoms. The van der Waals surface area contributed by atoms with Crippen molar-refractivity contribution in [3.8, 4) is 17.0 Å². The lowest BCUT2D eigenvalue weighted by atomic mass is 9.94. The number of phenolic OH excluding ortho intramolecular Hbond substituents is 1. The first kappa shape index (κ1) is 21.5. The summed E-state index contributed by atoms with van der Waals surface area (Å²) in [6.45, 7) is 2.07. The van der Waals surface area contributed by atoms with Gasteiger partial charge in [0.2, 0.25) is 0 Å². The minimum atomic E-state index is -4.58. The van der Waals surface area contributed by atoms with Crippen LogP contribution >= 0.6 is 0 Å². The Labute approximate surface area is 175 Å². The number of hydrogen-bond donors (Lipinski definition) is 1. The first-order chi connectivity index (χ1) is 14.4. The van der Waals surface area contributed by atoms with Gasteiger partial charge in [0.15, 0.2) is 5.65 Å². The number of nitrogens with zero attached hydrogens (tertiary/aromatic N) is 4. The molecule has 0 radical (unpaired) electrons. The Hall–Kier alpha value is -2.75. The van der Waals surface area contributed by atoms with Gasteiger partial charge < -0.3 is 10.0 Å². The summed E-state index contributed by atoms with van der Waals surface area (Å²) in [5.41, 5.74) is -0.0451. The van der Waals surface area contributed by atoms with E-state index in [0.717, 1.165) is 6.07 Å². The van der Waals surface area contributed by atoms with Gasteiger partial charge in [-0.3, -0.25) is 4.68 Å². The second-order valence-corrected chi connectivity index (χ2v) is 8.12. The number of likely N-dealkylation sites (tertiary alicyclic amines) is 1. The zero-order valence-electron chi connectivity index (χ0n) is 16.9. The topological polar surface area (TPSA) is 54.2 Å². The normalized spacial score (nSPS) is 19.8. The van der Waals surface area contributed by atoms with E-state index in [-0.39, 0.29) is 42.0 Å². The SMILES string of the molecule is Cc1cc(C(F)(F)F)cc(O)c1-c1ccc2cn(C[C@H]3CN(C)CCC3(F)F)nc2n1. The lowest BCUT2D eigenvalue weighted by Gasteiger charge is -2.36. The maximum atomic E-state index is 14.3. The Morgan fingerprint density at radius 2 is 1.97 bits per heavy atom. The van der Waals surface area contributed by atoms with Gasteiger partial charge in [0, 0.05) is 36.7 Å². The van der Waals surface area contributed by atoms with Crippen LogP contribution in [0.4, 0.5) is 22.0 Å². The predicted molar refractivity (Wildman–Crippen MR) is 105 cm³/mol. The van der Waals surface area contributed by atoms with Crippen LogP contribution < -0.4 is 0 Å². The molecule has 31 heavy (non-hydrogen) atoms. The fourth-order valence-electron chi connectivity index (χ4n) is 4.01. The molecule has 2 aromatic heterocycles.